The van der Waals surface area contributed by atoms with Gasteiger partial charge in [0, 0.05) is 29.0 Å². The Labute approximate surface area is 229 Å². The Hall–Kier alpha value is -3.20. The highest BCUT2D eigenvalue weighted by molar-refractivity contribution is 7.99. The lowest BCUT2D eigenvalue weighted by Crippen LogP contribution is -2.52. The average molecular weight is 545 g/mol. The Morgan fingerprint density at radius 1 is 0.974 bits per heavy atom. The molecule has 1 aromatic heterocycles. The lowest BCUT2D eigenvalue weighted by Gasteiger charge is -2.24. The van der Waals surface area contributed by atoms with E-state index in [0.717, 1.165) is 5.56 Å². The van der Waals surface area contributed by atoms with Crippen LogP contribution in [0.15, 0.2) is 47.3 Å². The number of ether oxygens (including phenoxy) is 2. The monoisotopic (exact) mass is 544 g/mol. The fraction of sp³-hybridized carbons (Fsp3) is 0.483. The molecule has 0 aliphatic heterocycles. The first-order chi connectivity index (χ1) is 18.1. The molecule has 38 heavy (non-hydrogen) atoms. The summed E-state index contributed by atoms with van der Waals surface area (Å²) in [4.78, 5) is 39.0. The molecule has 1 aromatic carbocycles. The molecule has 2 rings (SSSR count). The fourth-order valence-electron chi connectivity index (χ4n) is 3.80. The summed E-state index contributed by atoms with van der Waals surface area (Å²) in [5.41, 5.74) is 1.70. The van der Waals surface area contributed by atoms with Gasteiger partial charge in [-0.15, -0.1) is 11.8 Å². The van der Waals surface area contributed by atoms with Crippen LogP contribution in [0.5, 0.6) is 11.5 Å². The van der Waals surface area contributed by atoms with Crippen molar-refractivity contribution in [1.29, 1.82) is 0 Å². The standard InChI is InChI=1S/C29H40N2O6S/c1-19(2)13-24(26(32)18-38-17-21-11-12-37-16-21)31-29(34)25(14-20(3)4)30-28(33)10-8-22-7-9-23(35-5)15-27(22)36-6/h7-12,15-16,19-20,24-25H,13-14,17-18H2,1-6H3,(H,30,33)(H,31,34)/t24-,25-/m0/s1. The fourth-order valence-corrected chi connectivity index (χ4v) is 4.71. The van der Waals surface area contributed by atoms with Crippen LogP contribution in [-0.2, 0) is 20.1 Å². The zero-order chi connectivity index (χ0) is 28.1. The van der Waals surface area contributed by atoms with Gasteiger partial charge in [0.05, 0.1) is 38.5 Å². The van der Waals surface area contributed by atoms with Gasteiger partial charge in [-0.05, 0) is 49.0 Å². The number of methoxy groups -OCH3 is 2. The lowest BCUT2D eigenvalue weighted by molar-refractivity contribution is -0.130. The number of thioether (sulfide) groups is 1. The van der Waals surface area contributed by atoms with E-state index in [1.807, 2.05) is 33.8 Å². The zero-order valence-corrected chi connectivity index (χ0v) is 23.9. The van der Waals surface area contributed by atoms with Crippen molar-refractivity contribution >= 4 is 35.4 Å². The van der Waals surface area contributed by atoms with Crippen LogP contribution in [0.2, 0.25) is 0 Å². The molecule has 8 nitrogen and oxygen atoms in total. The van der Waals surface area contributed by atoms with E-state index in [1.54, 1.807) is 51.0 Å². The van der Waals surface area contributed by atoms with Gasteiger partial charge < -0.3 is 24.5 Å². The second kappa shape index (κ2) is 15.9. The maximum absolute atomic E-state index is 13.3. The number of ketones is 1. The summed E-state index contributed by atoms with van der Waals surface area (Å²) in [5, 5.41) is 5.72. The van der Waals surface area contributed by atoms with Gasteiger partial charge >= 0.3 is 0 Å². The van der Waals surface area contributed by atoms with E-state index in [-0.39, 0.29) is 29.3 Å². The number of nitrogens with one attached hydrogen (secondary N) is 2. The summed E-state index contributed by atoms with van der Waals surface area (Å²) in [5.74, 6) is 1.69. The van der Waals surface area contributed by atoms with Crippen molar-refractivity contribution in [1.82, 2.24) is 10.6 Å². The molecule has 0 aliphatic carbocycles. The van der Waals surface area contributed by atoms with Crippen molar-refractivity contribution in [3.63, 3.8) is 0 Å². The maximum Gasteiger partial charge on any atom is 0.244 e. The molecule has 2 N–H and O–H groups in total. The molecule has 208 valence electrons. The molecule has 0 spiro atoms. The Morgan fingerprint density at radius 2 is 1.68 bits per heavy atom. The number of hydrogen-bond acceptors (Lipinski definition) is 7. The molecule has 9 heteroatoms. The van der Waals surface area contributed by atoms with Gasteiger partial charge in [-0.25, -0.2) is 0 Å². The minimum Gasteiger partial charge on any atom is -0.497 e. The zero-order valence-electron chi connectivity index (χ0n) is 23.1. The largest absolute Gasteiger partial charge is 0.497 e. The highest BCUT2D eigenvalue weighted by atomic mass is 32.2. The van der Waals surface area contributed by atoms with Crippen LogP contribution in [0.25, 0.3) is 6.08 Å². The molecule has 2 aromatic rings. The van der Waals surface area contributed by atoms with E-state index in [4.69, 9.17) is 13.9 Å². The number of rotatable bonds is 16. The third-order valence-electron chi connectivity index (χ3n) is 5.70. The molecule has 0 saturated heterocycles. The molecule has 0 aliphatic rings. The van der Waals surface area contributed by atoms with Crippen LogP contribution in [0.4, 0.5) is 0 Å². The van der Waals surface area contributed by atoms with Crippen molar-refractivity contribution in [2.45, 2.75) is 58.4 Å². The first-order valence-corrected chi connectivity index (χ1v) is 13.9. The van der Waals surface area contributed by atoms with Crippen LogP contribution >= 0.6 is 11.8 Å². The normalized spacial score (nSPS) is 12.9. The second-order valence-corrected chi connectivity index (χ2v) is 10.9. The summed E-state index contributed by atoms with van der Waals surface area (Å²) in [6.45, 7) is 7.98. The van der Waals surface area contributed by atoms with Crippen molar-refractivity contribution in [3.8, 4) is 11.5 Å². The molecule has 0 fully saturated rings. The Kier molecular flexibility index (Phi) is 13.0. The molecule has 0 bridgehead atoms. The maximum atomic E-state index is 13.3. The van der Waals surface area contributed by atoms with Crippen LogP contribution < -0.4 is 20.1 Å². The predicted octanol–water partition coefficient (Wildman–Crippen LogP) is 4.87. The third-order valence-corrected chi connectivity index (χ3v) is 6.73. The summed E-state index contributed by atoms with van der Waals surface area (Å²) < 4.78 is 15.7. The van der Waals surface area contributed by atoms with Gasteiger partial charge in [-0.1, -0.05) is 27.7 Å². The van der Waals surface area contributed by atoms with E-state index < -0.39 is 18.0 Å². The topological polar surface area (TPSA) is 107 Å². The SMILES string of the molecule is COc1ccc(C=CC(=O)N[C@@H](CC(C)C)C(=O)N[C@@H](CC(C)C)C(=O)CSCc2ccoc2)c(OC)c1. The van der Waals surface area contributed by atoms with Gasteiger partial charge in [0.2, 0.25) is 11.8 Å². The van der Waals surface area contributed by atoms with Gasteiger partial charge in [-0.2, -0.15) is 0 Å². The van der Waals surface area contributed by atoms with E-state index in [0.29, 0.717) is 35.7 Å². The van der Waals surface area contributed by atoms with Gasteiger partial charge in [0.25, 0.3) is 0 Å². The van der Waals surface area contributed by atoms with E-state index >= 15 is 0 Å². The van der Waals surface area contributed by atoms with Gasteiger partial charge in [0.15, 0.2) is 5.78 Å². The van der Waals surface area contributed by atoms with Crippen LogP contribution in [0.3, 0.4) is 0 Å². The summed E-state index contributed by atoms with van der Waals surface area (Å²) >= 11 is 1.48. The van der Waals surface area contributed by atoms with E-state index in [9.17, 15) is 14.4 Å². The molecule has 2 amide bonds. The van der Waals surface area contributed by atoms with Crippen molar-refractivity contribution in [3.05, 3.63) is 54.0 Å². The predicted molar refractivity (Wildman–Crippen MR) is 151 cm³/mol. The number of amides is 2. The van der Waals surface area contributed by atoms with Crippen LogP contribution in [0, 0.1) is 11.8 Å². The smallest absolute Gasteiger partial charge is 0.244 e. The Bertz CT molecular complexity index is 1070. The highest BCUT2D eigenvalue weighted by Crippen LogP contribution is 2.25. The van der Waals surface area contributed by atoms with E-state index in [2.05, 4.69) is 10.6 Å². The van der Waals surface area contributed by atoms with Crippen LogP contribution in [-0.4, -0.2) is 49.7 Å². The molecule has 0 unspecified atom stereocenters. The molecular formula is C29H40N2O6S. The van der Waals surface area contributed by atoms with Gasteiger partial charge in [0.1, 0.15) is 17.5 Å². The molecule has 2 atom stereocenters. The van der Waals surface area contributed by atoms with Crippen molar-refractivity contribution < 1.29 is 28.3 Å². The van der Waals surface area contributed by atoms with Crippen molar-refractivity contribution in [2.75, 3.05) is 20.0 Å². The number of benzene rings is 1. The summed E-state index contributed by atoms with van der Waals surface area (Å²) in [6.07, 6.45) is 7.22. The molecule has 0 saturated carbocycles. The minimum absolute atomic E-state index is 0.0401. The quantitative estimate of drug-likeness (QED) is 0.290. The number of hydrogen-bond donors (Lipinski definition) is 2. The molecule has 0 radical (unpaired) electrons. The number of carbonyl (C=O) groups excluding carboxylic acids is 3. The third kappa shape index (κ3) is 10.7. The van der Waals surface area contributed by atoms with Crippen molar-refractivity contribution in [2.24, 2.45) is 11.8 Å². The number of carbonyl (C=O) groups is 3. The molecule has 1 heterocycles. The second-order valence-electron chi connectivity index (χ2n) is 9.91. The highest BCUT2D eigenvalue weighted by Gasteiger charge is 2.27. The molecular weight excluding hydrogens is 504 g/mol. The van der Waals surface area contributed by atoms with Gasteiger partial charge in [-0.3, -0.25) is 14.4 Å². The number of Topliss-reactive ketones (excluding diaryl/α,β-unsaturated/α-hetero) is 1. The Balaban J connectivity index is 2.05. The lowest BCUT2D eigenvalue weighted by atomic mass is 9.98. The minimum atomic E-state index is -0.772. The van der Waals surface area contributed by atoms with Crippen LogP contribution in [0.1, 0.15) is 51.7 Å². The first-order valence-electron chi connectivity index (χ1n) is 12.7. The Morgan fingerprint density at radius 3 is 2.29 bits per heavy atom. The summed E-state index contributed by atoms with van der Waals surface area (Å²) in [6, 6.07) is 5.76. The van der Waals surface area contributed by atoms with E-state index in [1.165, 1.54) is 17.8 Å². The average Bonchev–Trinajstić information content (AvgIpc) is 3.39. The first kappa shape index (κ1) is 31.0. The number of furan rings is 1. The summed E-state index contributed by atoms with van der Waals surface area (Å²) in [7, 11) is 3.11.